The first-order valence-corrected chi connectivity index (χ1v) is 9.60. The van der Waals surface area contributed by atoms with Crippen LogP contribution in [0.15, 0.2) is 60.7 Å². The standard InChI is InChI=1S/C23H30O3/c1-18(16-25-17-20-11-7-4-8-12-20)21-15-23(24-2)26-22(21)14-13-19-9-5-3-6-10-19/h3-12,18,21-23H,13-17H2,1-2H3/t18-,21+,22+,23+/m0/s1. The van der Waals surface area contributed by atoms with E-state index >= 15 is 0 Å². The highest BCUT2D eigenvalue weighted by atomic mass is 16.7. The first-order chi connectivity index (χ1) is 12.8. The Morgan fingerprint density at radius 3 is 2.31 bits per heavy atom. The SMILES string of the molecule is CO[C@H]1C[C@H]([C@@H](C)COCc2ccccc2)[C@@H](CCc2ccccc2)O1. The summed E-state index contributed by atoms with van der Waals surface area (Å²) in [5.41, 5.74) is 2.58. The van der Waals surface area contributed by atoms with Gasteiger partial charge in [-0.1, -0.05) is 67.6 Å². The number of aryl methyl sites for hydroxylation is 1. The monoisotopic (exact) mass is 354 g/mol. The van der Waals surface area contributed by atoms with E-state index in [0.29, 0.717) is 18.4 Å². The number of hydrogen-bond acceptors (Lipinski definition) is 3. The van der Waals surface area contributed by atoms with E-state index in [4.69, 9.17) is 14.2 Å². The minimum Gasteiger partial charge on any atom is -0.376 e. The average Bonchev–Trinajstić information content (AvgIpc) is 3.11. The molecule has 2 aromatic carbocycles. The van der Waals surface area contributed by atoms with E-state index < -0.39 is 0 Å². The van der Waals surface area contributed by atoms with Crippen molar-refractivity contribution in [3.05, 3.63) is 71.8 Å². The van der Waals surface area contributed by atoms with Crippen molar-refractivity contribution in [2.24, 2.45) is 11.8 Å². The second-order valence-electron chi connectivity index (χ2n) is 7.24. The summed E-state index contributed by atoms with van der Waals surface area (Å²) in [5.74, 6) is 0.916. The molecule has 0 bridgehead atoms. The van der Waals surface area contributed by atoms with Crippen molar-refractivity contribution in [2.45, 2.75) is 45.2 Å². The molecule has 0 aromatic heterocycles. The third-order valence-electron chi connectivity index (χ3n) is 5.32. The summed E-state index contributed by atoms with van der Waals surface area (Å²) in [6.45, 7) is 3.69. The normalized spacial score (nSPS) is 23.8. The molecule has 1 heterocycles. The molecule has 4 atom stereocenters. The molecule has 0 spiro atoms. The van der Waals surface area contributed by atoms with Crippen LogP contribution in [0.2, 0.25) is 0 Å². The topological polar surface area (TPSA) is 27.7 Å². The number of rotatable bonds is 9. The maximum Gasteiger partial charge on any atom is 0.157 e. The fourth-order valence-corrected chi connectivity index (χ4v) is 3.77. The number of benzene rings is 2. The summed E-state index contributed by atoms with van der Waals surface area (Å²) in [4.78, 5) is 0. The summed E-state index contributed by atoms with van der Waals surface area (Å²) < 4.78 is 17.6. The lowest BCUT2D eigenvalue weighted by atomic mass is 9.86. The first kappa shape index (κ1) is 19.1. The fourth-order valence-electron chi connectivity index (χ4n) is 3.77. The predicted octanol–water partition coefficient (Wildman–Crippen LogP) is 4.85. The third kappa shape index (κ3) is 5.41. The molecule has 1 aliphatic heterocycles. The van der Waals surface area contributed by atoms with Gasteiger partial charge in [-0.25, -0.2) is 0 Å². The Morgan fingerprint density at radius 2 is 1.65 bits per heavy atom. The van der Waals surface area contributed by atoms with E-state index in [1.807, 2.05) is 6.07 Å². The summed E-state index contributed by atoms with van der Waals surface area (Å²) >= 11 is 0. The Kier molecular flexibility index (Phi) is 7.24. The molecule has 0 radical (unpaired) electrons. The molecule has 1 aliphatic rings. The van der Waals surface area contributed by atoms with Gasteiger partial charge in [0.25, 0.3) is 0 Å². The lowest BCUT2D eigenvalue weighted by Gasteiger charge is -2.24. The van der Waals surface area contributed by atoms with E-state index in [0.717, 1.165) is 25.9 Å². The van der Waals surface area contributed by atoms with E-state index in [2.05, 4.69) is 61.5 Å². The van der Waals surface area contributed by atoms with Crippen LogP contribution in [-0.2, 0) is 27.2 Å². The molecule has 0 aliphatic carbocycles. The third-order valence-corrected chi connectivity index (χ3v) is 5.32. The van der Waals surface area contributed by atoms with Gasteiger partial charge in [-0.15, -0.1) is 0 Å². The van der Waals surface area contributed by atoms with E-state index in [-0.39, 0.29) is 12.4 Å². The maximum atomic E-state index is 6.15. The molecule has 3 rings (SSSR count). The Balaban J connectivity index is 1.51. The zero-order valence-corrected chi connectivity index (χ0v) is 15.8. The van der Waals surface area contributed by atoms with E-state index in [9.17, 15) is 0 Å². The Hall–Kier alpha value is -1.68. The van der Waals surface area contributed by atoms with Crippen LogP contribution in [0.25, 0.3) is 0 Å². The molecular formula is C23H30O3. The van der Waals surface area contributed by atoms with Gasteiger partial charge in [-0.05, 0) is 35.8 Å². The molecule has 0 N–H and O–H groups in total. The molecule has 3 heteroatoms. The highest BCUT2D eigenvalue weighted by Crippen LogP contribution is 2.35. The molecule has 0 unspecified atom stereocenters. The lowest BCUT2D eigenvalue weighted by Crippen LogP contribution is -2.26. The van der Waals surface area contributed by atoms with Crippen molar-refractivity contribution in [3.8, 4) is 0 Å². The molecule has 0 saturated carbocycles. The minimum atomic E-state index is -0.0858. The number of hydrogen-bond donors (Lipinski definition) is 0. The van der Waals surface area contributed by atoms with Gasteiger partial charge in [0.15, 0.2) is 6.29 Å². The largest absolute Gasteiger partial charge is 0.376 e. The summed E-state index contributed by atoms with van der Waals surface area (Å²) in [6, 6.07) is 21.0. The second kappa shape index (κ2) is 9.86. The van der Waals surface area contributed by atoms with Crippen molar-refractivity contribution < 1.29 is 14.2 Å². The second-order valence-corrected chi connectivity index (χ2v) is 7.24. The highest BCUT2D eigenvalue weighted by molar-refractivity contribution is 5.15. The molecule has 3 nitrogen and oxygen atoms in total. The zero-order chi connectivity index (χ0) is 18.2. The first-order valence-electron chi connectivity index (χ1n) is 9.60. The van der Waals surface area contributed by atoms with E-state index in [1.54, 1.807) is 7.11 Å². The molecule has 0 amide bonds. The van der Waals surface area contributed by atoms with Gasteiger partial charge in [0.2, 0.25) is 0 Å². The predicted molar refractivity (Wildman–Crippen MR) is 104 cm³/mol. The average molecular weight is 354 g/mol. The van der Waals surface area contributed by atoms with Crippen LogP contribution in [0.1, 0.15) is 30.9 Å². The maximum absolute atomic E-state index is 6.15. The summed E-state index contributed by atoms with van der Waals surface area (Å²) in [5, 5.41) is 0. The van der Waals surface area contributed by atoms with Crippen molar-refractivity contribution in [1.29, 1.82) is 0 Å². The van der Waals surface area contributed by atoms with Crippen molar-refractivity contribution in [2.75, 3.05) is 13.7 Å². The van der Waals surface area contributed by atoms with Gasteiger partial charge >= 0.3 is 0 Å². The van der Waals surface area contributed by atoms with Crippen LogP contribution in [0.5, 0.6) is 0 Å². The molecule has 26 heavy (non-hydrogen) atoms. The fraction of sp³-hybridized carbons (Fsp3) is 0.478. The Labute approximate surface area is 157 Å². The summed E-state index contributed by atoms with van der Waals surface area (Å²) in [7, 11) is 1.73. The van der Waals surface area contributed by atoms with Crippen LogP contribution in [0, 0.1) is 11.8 Å². The van der Waals surface area contributed by atoms with Crippen LogP contribution in [-0.4, -0.2) is 26.1 Å². The van der Waals surface area contributed by atoms with Gasteiger partial charge in [0.1, 0.15) is 0 Å². The molecular weight excluding hydrogens is 324 g/mol. The zero-order valence-electron chi connectivity index (χ0n) is 15.8. The van der Waals surface area contributed by atoms with Crippen LogP contribution in [0.3, 0.4) is 0 Å². The lowest BCUT2D eigenvalue weighted by molar-refractivity contribution is -0.118. The van der Waals surface area contributed by atoms with Crippen LogP contribution >= 0.6 is 0 Å². The van der Waals surface area contributed by atoms with Gasteiger partial charge < -0.3 is 14.2 Å². The Bertz CT molecular complexity index is 628. The molecule has 140 valence electrons. The summed E-state index contributed by atoms with van der Waals surface area (Å²) in [6.07, 6.45) is 3.16. The van der Waals surface area contributed by atoms with Crippen molar-refractivity contribution in [3.63, 3.8) is 0 Å². The smallest absolute Gasteiger partial charge is 0.157 e. The van der Waals surface area contributed by atoms with Gasteiger partial charge in [-0.2, -0.15) is 0 Å². The van der Waals surface area contributed by atoms with Gasteiger partial charge in [0.05, 0.1) is 12.7 Å². The van der Waals surface area contributed by atoms with Crippen molar-refractivity contribution >= 4 is 0 Å². The van der Waals surface area contributed by atoms with Crippen molar-refractivity contribution in [1.82, 2.24) is 0 Å². The number of ether oxygens (including phenoxy) is 3. The highest BCUT2D eigenvalue weighted by Gasteiger charge is 2.38. The van der Waals surface area contributed by atoms with E-state index in [1.165, 1.54) is 11.1 Å². The van der Waals surface area contributed by atoms with Crippen LogP contribution < -0.4 is 0 Å². The molecule has 2 aromatic rings. The number of methoxy groups -OCH3 is 1. The van der Waals surface area contributed by atoms with Gasteiger partial charge in [-0.3, -0.25) is 0 Å². The van der Waals surface area contributed by atoms with Gasteiger partial charge in [0, 0.05) is 20.1 Å². The molecule has 1 fully saturated rings. The minimum absolute atomic E-state index is 0.0858. The molecule has 1 saturated heterocycles. The quantitative estimate of drug-likeness (QED) is 0.644. The van der Waals surface area contributed by atoms with Crippen LogP contribution in [0.4, 0.5) is 0 Å². The Morgan fingerprint density at radius 1 is 1.00 bits per heavy atom.